The molecule has 0 heterocycles. The molecular weight excluding hydrogens is 489 g/mol. The third-order valence-corrected chi connectivity index (χ3v) is 6.02. The smallest absolute Gasteiger partial charge is 0.238 e. The second-order valence-corrected chi connectivity index (χ2v) is 8.41. The van der Waals surface area contributed by atoms with Crippen molar-refractivity contribution >= 4 is 64.6 Å². The zero-order chi connectivity index (χ0) is 23.1. The highest BCUT2D eigenvalue weighted by atomic mass is 35.5. The van der Waals surface area contributed by atoms with Gasteiger partial charge in [-0.1, -0.05) is 58.5 Å². The zero-order valence-electron chi connectivity index (χ0n) is 16.5. The number of imide groups is 1. The van der Waals surface area contributed by atoms with Crippen LogP contribution in [-0.2, 0) is 20.8 Å². The Bertz CT molecular complexity index is 974. The van der Waals surface area contributed by atoms with Crippen LogP contribution in [0.2, 0.25) is 20.1 Å². The Hall–Kier alpha value is -1.86. The molecule has 0 aliphatic heterocycles. The molecule has 0 N–H and O–H groups in total. The van der Waals surface area contributed by atoms with E-state index in [0.29, 0.717) is 27.9 Å². The molecule has 0 spiro atoms. The van der Waals surface area contributed by atoms with Crippen LogP contribution >= 0.6 is 46.4 Å². The Morgan fingerprint density at radius 2 is 1.58 bits per heavy atom. The van der Waals surface area contributed by atoms with E-state index in [4.69, 9.17) is 46.4 Å². The molecule has 1 unspecified atom stereocenters. The van der Waals surface area contributed by atoms with Crippen molar-refractivity contribution in [2.75, 3.05) is 20.1 Å². The van der Waals surface area contributed by atoms with E-state index in [1.807, 2.05) is 0 Å². The summed E-state index contributed by atoms with van der Waals surface area (Å²) in [6, 6.07) is 9.30. The summed E-state index contributed by atoms with van der Waals surface area (Å²) in [6.45, 7) is -0.221. The van der Waals surface area contributed by atoms with E-state index in [-0.39, 0.29) is 23.7 Å². The number of benzene rings is 2. The SMILES string of the molecule is CN(CC(F)c1ccc(Cl)c(Cl)c1)C(=O)CC(=O)N(C=O)CCc1ccc(Cl)c(Cl)c1. The third kappa shape index (κ3) is 7.35. The Morgan fingerprint density at radius 3 is 2.16 bits per heavy atom. The van der Waals surface area contributed by atoms with E-state index < -0.39 is 24.4 Å². The molecule has 3 amide bonds. The fourth-order valence-corrected chi connectivity index (χ4v) is 3.33. The molecule has 31 heavy (non-hydrogen) atoms. The van der Waals surface area contributed by atoms with Crippen LogP contribution in [0.1, 0.15) is 23.7 Å². The van der Waals surface area contributed by atoms with Crippen LogP contribution < -0.4 is 0 Å². The van der Waals surface area contributed by atoms with Gasteiger partial charge >= 0.3 is 0 Å². The second kappa shape index (κ2) is 11.7. The quantitative estimate of drug-likeness (QED) is 0.338. The van der Waals surface area contributed by atoms with Gasteiger partial charge in [0, 0.05) is 13.6 Å². The number of hydrogen-bond donors (Lipinski definition) is 0. The van der Waals surface area contributed by atoms with Crippen molar-refractivity contribution in [1.29, 1.82) is 0 Å². The van der Waals surface area contributed by atoms with Gasteiger partial charge in [-0.2, -0.15) is 0 Å². The molecule has 1 atom stereocenters. The summed E-state index contributed by atoms with van der Waals surface area (Å²) >= 11 is 23.5. The summed E-state index contributed by atoms with van der Waals surface area (Å²) < 4.78 is 14.5. The molecule has 5 nitrogen and oxygen atoms in total. The van der Waals surface area contributed by atoms with E-state index in [9.17, 15) is 18.8 Å². The zero-order valence-corrected chi connectivity index (χ0v) is 19.5. The number of halogens is 5. The highest BCUT2D eigenvalue weighted by Gasteiger charge is 2.22. The monoisotopic (exact) mass is 506 g/mol. The summed E-state index contributed by atoms with van der Waals surface area (Å²) in [4.78, 5) is 38.0. The van der Waals surface area contributed by atoms with Crippen molar-refractivity contribution in [3.63, 3.8) is 0 Å². The molecule has 2 rings (SSSR count). The molecule has 0 aromatic heterocycles. The van der Waals surface area contributed by atoms with Gasteiger partial charge in [0.2, 0.25) is 18.2 Å². The maximum Gasteiger partial charge on any atom is 0.238 e. The molecule has 0 saturated carbocycles. The summed E-state index contributed by atoms with van der Waals surface area (Å²) in [5.74, 6) is -1.30. The molecule has 0 aliphatic carbocycles. The van der Waals surface area contributed by atoms with Crippen molar-refractivity contribution < 1.29 is 18.8 Å². The molecule has 0 bridgehead atoms. The highest BCUT2D eigenvalue weighted by molar-refractivity contribution is 6.42. The fraction of sp³-hybridized carbons (Fsp3) is 0.286. The van der Waals surface area contributed by atoms with E-state index in [0.717, 1.165) is 15.4 Å². The minimum absolute atomic E-state index is 0.0618. The number of carbonyl (C=O) groups excluding carboxylic acids is 3. The molecule has 2 aromatic rings. The lowest BCUT2D eigenvalue weighted by atomic mass is 10.1. The van der Waals surface area contributed by atoms with Crippen LogP contribution in [-0.4, -0.2) is 48.2 Å². The van der Waals surface area contributed by atoms with Gasteiger partial charge in [0.25, 0.3) is 0 Å². The van der Waals surface area contributed by atoms with Crippen LogP contribution in [0, 0.1) is 0 Å². The summed E-state index contributed by atoms with van der Waals surface area (Å²) in [7, 11) is 1.38. The standard InChI is InChI=1S/C21H19Cl4FN2O3/c1-27(11-19(26)14-3-5-16(23)18(25)9-14)20(30)10-21(31)28(12-29)7-6-13-2-4-15(22)17(24)8-13/h2-5,8-9,12,19H,6-7,10-11H2,1H3. The lowest BCUT2D eigenvalue weighted by molar-refractivity contribution is -0.143. The van der Waals surface area contributed by atoms with Gasteiger partial charge < -0.3 is 4.90 Å². The van der Waals surface area contributed by atoms with E-state index in [1.54, 1.807) is 18.2 Å². The average Bonchev–Trinajstić information content (AvgIpc) is 2.72. The van der Waals surface area contributed by atoms with Crippen LogP contribution in [0.25, 0.3) is 0 Å². The highest BCUT2D eigenvalue weighted by Crippen LogP contribution is 2.27. The third-order valence-electron chi connectivity index (χ3n) is 4.54. The number of likely N-dealkylation sites (N-methyl/N-ethyl adjacent to an activating group) is 1. The first-order valence-electron chi connectivity index (χ1n) is 9.14. The Labute approximate surface area is 199 Å². The maximum atomic E-state index is 14.5. The summed E-state index contributed by atoms with van der Waals surface area (Å²) in [5.41, 5.74) is 1.04. The summed E-state index contributed by atoms with van der Waals surface area (Å²) in [5, 5.41) is 1.26. The lowest BCUT2D eigenvalue weighted by Crippen LogP contribution is -2.37. The van der Waals surface area contributed by atoms with Gasteiger partial charge in [-0.05, 0) is 41.8 Å². The van der Waals surface area contributed by atoms with Gasteiger partial charge in [0.15, 0.2) is 0 Å². The Morgan fingerprint density at radius 1 is 0.968 bits per heavy atom. The number of alkyl halides is 1. The normalized spacial score (nSPS) is 11.7. The van der Waals surface area contributed by atoms with E-state index >= 15 is 0 Å². The summed E-state index contributed by atoms with van der Waals surface area (Å²) in [6.07, 6.45) is -1.38. The Balaban J connectivity index is 1.90. The minimum Gasteiger partial charge on any atom is -0.342 e. The van der Waals surface area contributed by atoms with Gasteiger partial charge in [-0.25, -0.2) is 4.39 Å². The van der Waals surface area contributed by atoms with Crippen LogP contribution in [0.15, 0.2) is 36.4 Å². The topological polar surface area (TPSA) is 57.7 Å². The minimum atomic E-state index is -1.52. The van der Waals surface area contributed by atoms with Gasteiger partial charge in [-0.3, -0.25) is 19.3 Å². The molecule has 0 aliphatic rings. The first-order chi connectivity index (χ1) is 14.6. The molecule has 0 saturated heterocycles. The fourth-order valence-electron chi connectivity index (χ4n) is 2.70. The van der Waals surface area contributed by atoms with Crippen molar-refractivity contribution in [1.82, 2.24) is 9.80 Å². The van der Waals surface area contributed by atoms with E-state index in [2.05, 4.69) is 0 Å². The first-order valence-corrected chi connectivity index (χ1v) is 10.6. The number of amides is 3. The Kier molecular flexibility index (Phi) is 9.56. The number of nitrogens with zero attached hydrogens (tertiary/aromatic N) is 2. The lowest BCUT2D eigenvalue weighted by Gasteiger charge is -2.21. The first kappa shape index (κ1) is 25.4. The number of hydrogen-bond acceptors (Lipinski definition) is 3. The van der Waals surface area contributed by atoms with Gasteiger partial charge in [0.05, 0.1) is 26.6 Å². The van der Waals surface area contributed by atoms with Crippen LogP contribution in [0.4, 0.5) is 4.39 Å². The molecular formula is C21H19Cl4FN2O3. The predicted octanol–water partition coefficient (Wildman–Crippen LogP) is 5.39. The van der Waals surface area contributed by atoms with Crippen LogP contribution in [0.3, 0.4) is 0 Å². The molecule has 166 valence electrons. The molecule has 10 heteroatoms. The number of rotatable bonds is 9. The van der Waals surface area contributed by atoms with Crippen molar-refractivity contribution in [3.05, 3.63) is 67.6 Å². The largest absolute Gasteiger partial charge is 0.342 e. The van der Waals surface area contributed by atoms with Gasteiger partial charge in [0.1, 0.15) is 12.6 Å². The predicted molar refractivity (Wildman–Crippen MR) is 121 cm³/mol. The molecule has 0 fully saturated rings. The van der Waals surface area contributed by atoms with Crippen molar-refractivity contribution in [2.45, 2.75) is 19.0 Å². The molecule has 2 aromatic carbocycles. The van der Waals surface area contributed by atoms with E-state index in [1.165, 1.54) is 25.2 Å². The maximum absolute atomic E-state index is 14.5. The second-order valence-electron chi connectivity index (χ2n) is 6.78. The van der Waals surface area contributed by atoms with Crippen molar-refractivity contribution in [3.8, 4) is 0 Å². The van der Waals surface area contributed by atoms with Gasteiger partial charge in [-0.15, -0.1) is 0 Å². The average molecular weight is 508 g/mol. The van der Waals surface area contributed by atoms with Crippen LogP contribution in [0.5, 0.6) is 0 Å². The number of carbonyl (C=O) groups is 3. The van der Waals surface area contributed by atoms with Crippen molar-refractivity contribution in [2.24, 2.45) is 0 Å². The molecule has 0 radical (unpaired) electrons.